The first-order chi connectivity index (χ1) is 11.2. The van der Waals surface area contributed by atoms with Gasteiger partial charge in [0.2, 0.25) is 10.0 Å². The zero-order valence-corrected chi connectivity index (χ0v) is 13.1. The van der Waals surface area contributed by atoms with Crippen LogP contribution in [0.4, 0.5) is 0 Å². The number of aromatic nitrogens is 4. The fraction of sp³-hybridized carbons (Fsp3) is 0.267. The fourth-order valence-corrected chi connectivity index (χ4v) is 4.64. The molecule has 1 aliphatic rings. The summed E-state index contributed by atoms with van der Waals surface area (Å²) in [5.41, 5.74) is 0.513. The Morgan fingerprint density at radius 3 is 2.83 bits per heavy atom. The third-order valence-corrected chi connectivity index (χ3v) is 6.05. The van der Waals surface area contributed by atoms with Crippen molar-refractivity contribution in [1.29, 1.82) is 0 Å². The number of hydrogen-bond acceptors (Lipinski definition) is 5. The molecule has 23 heavy (non-hydrogen) atoms. The number of para-hydroxylation sites is 1. The van der Waals surface area contributed by atoms with Crippen LogP contribution in [0.3, 0.4) is 0 Å². The molecule has 2 aromatic heterocycles. The molecule has 118 valence electrons. The molecule has 1 atom stereocenters. The van der Waals surface area contributed by atoms with Crippen LogP contribution >= 0.6 is 0 Å². The molecule has 0 N–H and O–H groups in total. The van der Waals surface area contributed by atoms with Crippen LogP contribution in [0.2, 0.25) is 0 Å². The maximum Gasteiger partial charge on any atom is 0.245 e. The summed E-state index contributed by atoms with van der Waals surface area (Å²) in [5.74, 6) is 0. The number of sulfonamides is 1. The van der Waals surface area contributed by atoms with Gasteiger partial charge in [0.05, 0.1) is 17.8 Å². The number of fused-ring (bicyclic) bond motifs is 1. The Morgan fingerprint density at radius 1 is 1.13 bits per heavy atom. The van der Waals surface area contributed by atoms with Crippen molar-refractivity contribution in [2.75, 3.05) is 13.1 Å². The number of pyridine rings is 1. The van der Waals surface area contributed by atoms with Crippen molar-refractivity contribution in [3.8, 4) is 0 Å². The molecule has 1 aromatic carbocycles. The average molecular weight is 329 g/mol. The van der Waals surface area contributed by atoms with E-state index in [1.54, 1.807) is 41.5 Å². The second kappa shape index (κ2) is 5.39. The normalized spacial score (nSPS) is 19.4. The zero-order chi connectivity index (χ0) is 15.9. The molecule has 1 aliphatic heterocycles. The largest absolute Gasteiger partial charge is 0.255 e. The molecule has 8 heteroatoms. The van der Waals surface area contributed by atoms with Crippen molar-refractivity contribution < 1.29 is 8.42 Å². The Kier molecular flexibility index (Phi) is 3.35. The van der Waals surface area contributed by atoms with Crippen LogP contribution in [-0.4, -0.2) is 45.8 Å². The highest BCUT2D eigenvalue weighted by Crippen LogP contribution is 2.29. The SMILES string of the molecule is O=S(=O)(c1cccc2cccnc12)N1CC[C@@H](n2ccnn2)C1. The van der Waals surface area contributed by atoms with Gasteiger partial charge in [-0.1, -0.05) is 23.4 Å². The van der Waals surface area contributed by atoms with Crippen molar-refractivity contribution in [3.63, 3.8) is 0 Å². The van der Waals surface area contributed by atoms with Crippen LogP contribution in [0.5, 0.6) is 0 Å². The van der Waals surface area contributed by atoms with E-state index in [1.807, 2.05) is 12.1 Å². The van der Waals surface area contributed by atoms with Crippen LogP contribution in [0.15, 0.2) is 53.8 Å². The van der Waals surface area contributed by atoms with E-state index in [0.717, 1.165) is 11.8 Å². The van der Waals surface area contributed by atoms with Crippen molar-refractivity contribution in [2.24, 2.45) is 0 Å². The van der Waals surface area contributed by atoms with Crippen LogP contribution in [0.25, 0.3) is 10.9 Å². The van der Waals surface area contributed by atoms with Gasteiger partial charge in [-0.05, 0) is 18.6 Å². The Labute approximate surface area is 133 Å². The minimum Gasteiger partial charge on any atom is -0.255 e. The predicted octanol–water partition coefficient (Wildman–Crippen LogP) is 1.46. The molecule has 0 radical (unpaired) electrons. The minimum atomic E-state index is -3.58. The lowest BCUT2D eigenvalue weighted by Crippen LogP contribution is -2.29. The monoisotopic (exact) mass is 329 g/mol. The number of nitrogens with zero attached hydrogens (tertiary/aromatic N) is 5. The maximum absolute atomic E-state index is 13.0. The predicted molar refractivity (Wildman–Crippen MR) is 84.2 cm³/mol. The molecule has 0 unspecified atom stereocenters. The topological polar surface area (TPSA) is 81.0 Å². The molecule has 0 aliphatic carbocycles. The quantitative estimate of drug-likeness (QED) is 0.727. The van der Waals surface area contributed by atoms with Gasteiger partial charge in [0.15, 0.2) is 0 Å². The summed E-state index contributed by atoms with van der Waals surface area (Å²) in [6.45, 7) is 0.866. The van der Waals surface area contributed by atoms with Gasteiger partial charge in [-0.25, -0.2) is 13.1 Å². The van der Waals surface area contributed by atoms with Crippen LogP contribution in [0, 0.1) is 0 Å². The molecule has 0 saturated carbocycles. The molecule has 4 rings (SSSR count). The summed E-state index contributed by atoms with van der Waals surface area (Å²) in [5, 5.41) is 8.58. The van der Waals surface area contributed by atoms with Crippen molar-refractivity contribution >= 4 is 20.9 Å². The highest BCUT2D eigenvalue weighted by molar-refractivity contribution is 7.89. The summed E-state index contributed by atoms with van der Waals surface area (Å²) in [6, 6.07) is 8.92. The fourth-order valence-electron chi connectivity index (χ4n) is 2.98. The first-order valence-electron chi connectivity index (χ1n) is 7.36. The van der Waals surface area contributed by atoms with Gasteiger partial charge in [-0.2, -0.15) is 4.31 Å². The van der Waals surface area contributed by atoms with Gasteiger partial charge in [-0.3, -0.25) is 4.98 Å². The maximum atomic E-state index is 13.0. The van der Waals surface area contributed by atoms with Crippen LogP contribution in [0.1, 0.15) is 12.5 Å². The Bertz CT molecular complexity index is 934. The molecule has 3 heterocycles. The van der Waals surface area contributed by atoms with Gasteiger partial charge in [0, 0.05) is 30.9 Å². The van der Waals surface area contributed by atoms with Gasteiger partial charge in [-0.15, -0.1) is 5.10 Å². The van der Waals surface area contributed by atoms with E-state index in [0.29, 0.717) is 18.6 Å². The second-order valence-corrected chi connectivity index (χ2v) is 7.43. The summed E-state index contributed by atoms with van der Waals surface area (Å²) in [4.78, 5) is 4.51. The number of hydrogen-bond donors (Lipinski definition) is 0. The zero-order valence-electron chi connectivity index (χ0n) is 12.3. The van der Waals surface area contributed by atoms with E-state index in [1.165, 1.54) is 4.31 Å². The van der Waals surface area contributed by atoms with Gasteiger partial charge < -0.3 is 0 Å². The third kappa shape index (κ3) is 2.40. The van der Waals surface area contributed by atoms with E-state index in [4.69, 9.17) is 0 Å². The highest BCUT2D eigenvalue weighted by Gasteiger charge is 2.34. The Hall–Kier alpha value is -2.32. The molecule has 1 saturated heterocycles. The lowest BCUT2D eigenvalue weighted by molar-refractivity contribution is 0.428. The van der Waals surface area contributed by atoms with Crippen molar-refractivity contribution in [3.05, 3.63) is 48.9 Å². The van der Waals surface area contributed by atoms with Crippen LogP contribution in [-0.2, 0) is 10.0 Å². The summed E-state index contributed by atoms with van der Waals surface area (Å²) in [6.07, 6.45) is 5.70. The third-order valence-electron chi connectivity index (χ3n) is 4.15. The van der Waals surface area contributed by atoms with Gasteiger partial charge in [0.25, 0.3) is 0 Å². The molecule has 0 spiro atoms. The molecule has 1 fully saturated rings. The molecule has 0 bridgehead atoms. The van der Waals surface area contributed by atoms with Gasteiger partial charge >= 0.3 is 0 Å². The van der Waals surface area contributed by atoms with Crippen molar-refractivity contribution in [2.45, 2.75) is 17.4 Å². The second-order valence-electron chi connectivity index (χ2n) is 5.52. The average Bonchev–Trinajstić information content (AvgIpc) is 3.25. The summed E-state index contributed by atoms with van der Waals surface area (Å²) < 4.78 is 29.2. The first-order valence-corrected chi connectivity index (χ1v) is 8.80. The Morgan fingerprint density at radius 2 is 2.00 bits per heavy atom. The molecular formula is C15H15N5O2S. The standard InChI is InChI=1S/C15H15N5O2S/c21-23(22,14-5-1-3-12-4-2-7-16-15(12)14)19-9-6-13(11-19)20-10-8-17-18-20/h1-5,7-8,10,13H,6,9,11H2/t13-/m1/s1. The van der Waals surface area contributed by atoms with E-state index in [-0.39, 0.29) is 10.9 Å². The lowest BCUT2D eigenvalue weighted by Gasteiger charge is -2.17. The van der Waals surface area contributed by atoms with E-state index in [2.05, 4.69) is 15.3 Å². The number of benzene rings is 1. The van der Waals surface area contributed by atoms with Crippen LogP contribution < -0.4 is 0 Å². The van der Waals surface area contributed by atoms with E-state index >= 15 is 0 Å². The summed E-state index contributed by atoms with van der Waals surface area (Å²) >= 11 is 0. The van der Waals surface area contributed by atoms with E-state index < -0.39 is 10.0 Å². The van der Waals surface area contributed by atoms with E-state index in [9.17, 15) is 8.42 Å². The Balaban J connectivity index is 1.70. The first kappa shape index (κ1) is 14.3. The summed E-state index contributed by atoms with van der Waals surface area (Å²) in [7, 11) is -3.58. The number of rotatable bonds is 3. The van der Waals surface area contributed by atoms with Crippen molar-refractivity contribution in [1.82, 2.24) is 24.3 Å². The molecule has 7 nitrogen and oxygen atoms in total. The highest BCUT2D eigenvalue weighted by atomic mass is 32.2. The van der Waals surface area contributed by atoms with Gasteiger partial charge in [0.1, 0.15) is 4.90 Å². The lowest BCUT2D eigenvalue weighted by atomic mass is 10.2. The smallest absolute Gasteiger partial charge is 0.245 e. The minimum absolute atomic E-state index is 0.0233. The molecule has 3 aromatic rings. The molecule has 0 amide bonds. The molecular weight excluding hydrogens is 314 g/mol.